The number of H-pyrrole nitrogens is 1. The van der Waals surface area contributed by atoms with E-state index in [9.17, 15) is 67.7 Å². The second kappa shape index (κ2) is 36.4. The second-order valence-corrected chi connectivity index (χ2v) is 23.6. The molecule has 0 bridgehead atoms. The molecule has 91 heavy (non-hydrogen) atoms. The lowest BCUT2D eigenvalue weighted by atomic mass is 9.94. The van der Waals surface area contributed by atoms with Gasteiger partial charge in [0, 0.05) is 29.9 Å². The number of amides is 11. The Labute approximate surface area is 530 Å². The van der Waals surface area contributed by atoms with Crippen LogP contribution >= 0.6 is 0 Å². The summed E-state index contributed by atoms with van der Waals surface area (Å²) in [5.74, 6) is -13.1. The first-order valence-electron chi connectivity index (χ1n) is 31.2. The zero-order valence-corrected chi connectivity index (χ0v) is 53.9. The van der Waals surface area contributed by atoms with Gasteiger partial charge in [-0.2, -0.15) is 0 Å². The molecule has 0 aliphatic carbocycles. The van der Waals surface area contributed by atoms with Crippen molar-refractivity contribution in [3.8, 4) is 0 Å². The highest BCUT2D eigenvalue weighted by Gasteiger charge is 2.41. The number of hydrogen-bond donors (Lipinski definition) is 15. The molecule has 0 radical (unpaired) electrons. The number of fused-ring (bicyclic) bond motifs is 1. The number of rotatable bonds is 32. The van der Waals surface area contributed by atoms with E-state index in [1.54, 1.807) is 68.6 Å². The fraction of sp³-hybridized carbons (Fsp3) is 0.587. The van der Waals surface area contributed by atoms with E-state index in [-0.39, 0.29) is 19.3 Å². The minimum absolute atomic E-state index is 0.0105. The van der Waals surface area contributed by atoms with Crippen molar-refractivity contribution in [1.82, 2.24) is 63.5 Å². The molecule has 28 heteroatoms. The van der Waals surface area contributed by atoms with Crippen LogP contribution in [0.5, 0.6) is 0 Å². The third-order valence-corrected chi connectivity index (χ3v) is 16.9. The summed E-state index contributed by atoms with van der Waals surface area (Å²) in [7, 11) is 1.60. The van der Waals surface area contributed by atoms with Gasteiger partial charge in [-0.1, -0.05) is 130 Å². The minimum Gasteiger partial charge on any atom is -0.458 e. The molecule has 4 rings (SSSR count). The quantitative estimate of drug-likeness (QED) is 0.0326. The maximum atomic E-state index is 14.4. The fourth-order valence-electron chi connectivity index (χ4n) is 10.1. The first-order valence-corrected chi connectivity index (χ1v) is 31.2. The standard InChI is InChI=1S/C63H95N13O15/c1-12-32(5)48(73-55(82)43(65-11)27-38-21-17-16-18-22-38)59(86)70-45(30-77)57(84)68-42(25-26-47(64)79)54(81)72-50(34(7)14-3)61(88)74-49(33(6)13-2)60(87)71-46(31-78)58(85)76-52-37(10)91-63(90)51(35(8)15-4)75-56(83)44(69-53(80)36(9)67-62(52)89)28-39-29-66-41-24-20-19-23-40(39)41/h16-24,29,32-37,42-46,48-52,65-66,77-78H,12-15,25-28,30-31H2,1-11H3,(H2,64,79)(H,67,89)(H,68,84)(H,69,80)(H,70,86)(H,71,87)(H,72,81)(H,73,82)(H,74,88)(H,75,83)(H,76,85)/t32-,33-,34+,35-,36-,37-,42+,43+,44-,45-,46-,48-,49-,50+,51-,52+/m0/s1. The summed E-state index contributed by atoms with van der Waals surface area (Å²) >= 11 is 0. The number of nitrogens with one attached hydrogen (secondary N) is 12. The van der Waals surface area contributed by atoms with E-state index < -0.39 is 193 Å². The van der Waals surface area contributed by atoms with Gasteiger partial charge in [-0.15, -0.1) is 0 Å². The topological polar surface area (TPSA) is 429 Å². The molecule has 1 fully saturated rings. The molecule has 2 heterocycles. The average Bonchev–Trinajstić information content (AvgIpc) is 2.18. The van der Waals surface area contributed by atoms with Gasteiger partial charge in [-0.05, 0) is 74.6 Å². The largest absolute Gasteiger partial charge is 0.458 e. The van der Waals surface area contributed by atoms with Crippen molar-refractivity contribution in [2.24, 2.45) is 29.4 Å². The van der Waals surface area contributed by atoms with Crippen LogP contribution in [0.4, 0.5) is 0 Å². The van der Waals surface area contributed by atoms with Gasteiger partial charge in [0.05, 0.1) is 19.3 Å². The number of cyclic esters (lactones) is 1. The van der Waals surface area contributed by atoms with Crippen LogP contribution in [-0.4, -0.2) is 179 Å². The lowest BCUT2D eigenvalue weighted by Crippen LogP contribution is -2.63. The van der Waals surface area contributed by atoms with Gasteiger partial charge in [0.25, 0.3) is 0 Å². The molecule has 3 aromatic rings. The molecule has 1 saturated heterocycles. The number of esters is 1. The van der Waals surface area contributed by atoms with Gasteiger partial charge in [0.2, 0.25) is 65.0 Å². The number of nitrogens with two attached hydrogens (primary N) is 1. The van der Waals surface area contributed by atoms with Gasteiger partial charge in [0.1, 0.15) is 66.5 Å². The normalized spacial score (nSPS) is 20.9. The van der Waals surface area contributed by atoms with E-state index in [2.05, 4.69) is 63.5 Å². The van der Waals surface area contributed by atoms with Crippen molar-refractivity contribution in [2.45, 2.75) is 193 Å². The van der Waals surface area contributed by atoms with Crippen molar-refractivity contribution < 1.29 is 72.5 Å². The maximum Gasteiger partial charge on any atom is 0.329 e. The molecule has 0 unspecified atom stereocenters. The summed E-state index contributed by atoms with van der Waals surface area (Å²) in [5.41, 5.74) is 7.79. The Morgan fingerprint density at radius 3 is 1.60 bits per heavy atom. The third-order valence-electron chi connectivity index (χ3n) is 16.9. The zero-order chi connectivity index (χ0) is 67.8. The molecule has 16 atom stereocenters. The lowest BCUT2D eigenvalue weighted by Gasteiger charge is -2.31. The molecule has 0 spiro atoms. The van der Waals surface area contributed by atoms with Crippen molar-refractivity contribution in [3.63, 3.8) is 0 Å². The Balaban J connectivity index is 1.53. The van der Waals surface area contributed by atoms with Crippen LogP contribution < -0.4 is 64.2 Å². The van der Waals surface area contributed by atoms with E-state index >= 15 is 0 Å². The molecule has 16 N–H and O–H groups in total. The lowest BCUT2D eigenvalue weighted by molar-refractivity contribution is -0.157. The number of benzene rings is 2. The number of aliphatic hydroxyl groups excluding tert-OH is 2. The summed E-state index contributed by atoms with van der Waals surface area (Å²) in [6, 6.07) is 0.971. The summed E-state index contributed by atoms with van der Waals surface area (Å²) in [5, 5.41) is 50.5. The Morgan fingerprint density at radius 1 is 0.582 bits per heavy atom. The average molecular weight is 1270 g/mol. The number of para-hydroxylation sites is 1. The van der Waals surface area contributed by atoms with Crippen LogP contribution in [0.15, 0.2) is 60.8 Å². The number of aromatic amines is 1. The van der Waals surface area contributed by atoms with Crippen LogP contribution in [0.3, 0.4) is 0 Å². The van der Waals surface area contributed by atoms with Crippen molar-refractivity contribution in [3.05, 3.63) is 71.9 Å². The molecule has 1 aliphatic rings. The van der Waals surface area contributed by atoms with E-state index in [4.69, 9.17) is 10.5 Å². The van der Waals surface area contributed by atoms with Crippen LogP contribution in [0.2, 0.25) is 0 Å². The van der Waals surface area contributed by atoms with E-state index in [1.807, 2.05) is 54.6 Å². The molecule has 2 aromatic carbocycles. The number of primary amides is 1. The molecule has 1 aromatic heterocycles. The Kier molecular flexibility index (Phi) is 30.0. The van der Waals surface area contributed by atoms with Gasteiger partial charge in [0.15, 0.2) is 0 Å². The molecular formula is C63H95N13O15. The minimum atomic E-state index is -1.82. The van der Waals surface area contributed by atoms with Gasteiger partial charge < -0.3 is 84.2 Å². The second-order valence-electron chi connectivity index (χ2n) is 23.6. The number of carbonyl (C=O) groups excluding carboxylic acids is 12. The number of hydrogen-bond acceptors (Lipinski definition) is 16. The van der Waals surface area contributed by atoms with E-state index in [0.29, 0.717) is 24.8 Å². The molecule has 502 valence electrons. The number of likely N-dealkylation sites (N-methyl/N-ethyl adjacent to an activating group) is 1. The van der Waals surface area contributed by atoms with Crippen LogP contribution in [0, 0.1) is 23.7 Å². The number of aromatic nitrogens is 1. The van der Waals surface area contributed by atoms with Crippen LogP contribution in [-0.2, 0) is 75.1 Å². The number of ether oxygens (including phenoxy) is 1. The fourth-order valence-corrected chi connectivity index (χ4v) is 10.1. The molecule has 1 aliphatic heterocycles. The highest BCUT2D eigenvalue weighted by Crippen LogP contribution is 2.21. The molecule has 28 nitrogen and oxygen atoms in total. The van der Waals surface area contributed by atoms with Crippen LogP contribution in [0.25, 0.3) is 10.9 Å². The van der Waals surface area contributed by atoms with Crippen LogP contribution in [0.1, 0.15) is 119 Å². The Hall–Kier alpha value is -8.50. The van der Waals surface area contributed by atoms with Crippen molar-refractivity contribution in [1.29, 1.82) is 0 Å². The van der Waals surface area contributed by atoms with Gasteiger partial charge >= 0.3 is 5.97 Å². The first-order chi connectivity index (χ1) is 43.2. The highest BCUT2D eigenvalue weighted by atomic mass is 16.5. The Morgan fingerprint density at radius 2 is 1.08 bits per heavy atom. The molecule has 0 saturated carbocycles. The number of carbonyl (C=O) groups is 12. The predicted molar refractivity (Wildman–Crippen MR) is 336 cm³/mol. The third kappa shape index (κ3) is 21.6. The van der Waals surface area contributed by atoms with Gasteiger partial charge in [-0.3, -0.25) is 52.7 Å². The Bertz CT molecular complexity index is 3000. The molecular weight excluding hydrogens is 1180 g/mol. The summed E-state index contributed by atoms with van der Waals surface area (Å²) in [4.78, 5) is 170. The molecule has 11 amide bonds. The number of aliphatic hydroxyl groups is 2. The zero-order valence-electron chi connectivity index (χ0n) is 53.9. The van der Waals surface area contributed by atoms with Crippen molar-refractivity contribution in [2.75, 3.05) is 20.3 Å². The van der Waals surface area contributed by atoms with E-state index in [0.717, 1.165) is 16.5 Å². The summed E-state index contributed by atoms with van der Waals surface area (Å²) in [6.45, 7) is 14.2. The van der Waals surface area contributed by atoms with E-state index in [1.165, 1.54) is 13.8 Å². The SMILES string of the molecule is CC[C@@H](C)[C@@H](NC(=O)[C@@H](CCC(N)=O)NC(=O)[C@H](CO)NC(=O)[C@@H](NC(=O)[C@@H](Cc1ccccc1)NC)[C@@H](C)CC)C(=O)N[C@H](C(=O)N[C@@H](CO)C(=O)N[C@H]1C(=O)N[C@@H](C)C(=O)N[C@@H](Cc2c[nH]c3ccccc23)C(=O)N[C@@H]([C@@H](C)CC)C(=O)O[C@H]1C)[C@@H](C)CC. The maximum absolute atomic E-state index is 14.4. The predicted octanol–water partition coefficient (Wildman–Crippen LogP) is -1.21. The first kappa shape index (κ1) is 75.0. The highest BCUT2D eigenvalue weighted by molar-refractivity contribution is 6.00. The van der Waals surface area contributed by atoms with Gasteiger partial charge in [-0.25, -0.2) is 4.79 Å². The summed E-state index contributed by atoms with van der Waals surface area (Å²) in [6.07, 6.45) is 0.966. The monoisotopic (exact) mass is 1270 g/mol. The summed E-state index contributed by atoms with van der Waals surface area (Å²) < 4.78 is 5.78. The van der Waals surface area contributed by atoms with Crippen molar-refractivity contribution >= 4 is 81.9 Å². The smallest absolute Gasteiger partial charge is 0.329 e.